The SMILES string of the molecule is O=C(NC(CCO)C1CC1)c1ncccc1C(F)(F)F. The number of carbonyl (C=O) groups is 1. The highest BCUT2D eigenvalue weighted by Crippen LogP contribution is 2.35. The summed E-state index contributed by atoms with van der Waals surface area (Å²) in [5, 5.41) is 11.5. The highest BCUT2D eigenvalue weighted by Gasteiger charge is 2.37. The molecule has 1 amide bonds. The van der Waals surface area contributed by atoms with Crippen LogP contribution in [0.2, 0.25) is 0 Å². The Kier molecular flexibility index (Phi) is 4.27. The summed E-state index contributed by atoms with van der Waals surface area (Å²) < 4.78 is 38.4. The van der Waals surface area contributed by atoms with Gasteiger partial charge in [-0.2, -0.15) is 13.2 Å². The smallest absolute Gasteiger partial charge is 0.396 e. The summed E-state index contributed by atoms with van der Waals surface area (Å²) in [5.41, 5.74) is -1.67. The minimum absolute atomic E-state index is 0.115. The van der Waals surface area contributed by atoms with Gasteiger partial charge in [-0.25, -0.2) is 0 Å². The van der Waals surface area contributed by atoms with Gasteiger partial charge >= 0.3 is 6.18 Å². The van der Waals surface area contributed by atoms with Crippen molar-refractivity contribution in [2.45, 2.75) is 31.5 Å². The molecule has 1 saturated carbocycles. The van der Waals surface area contributed by atoms with E-state index < -0.39 is 23.3 Å². The topological polar surface area (TPSA) is 62.2 Å². The Bertz CT molecular complexity index is 487. The highest BCUT2D eigenvalue weighted by atomic mass is 19.4. The summed E-state index contributed by atoms with van der Waals surface area (Å²) in [6.07, 6.45) is -1.29. The van der Waals surface area contributed by atoms with Crippen molar-refractivity contribution in [3.8, 4) is 0 Å². The number of carbonyl (C=O) groups excluding carboxylic acids is 1. The minimum Gasteiger partial charge on any atom is -0.396 e. The Morgan fingerprint density at radius 3 is 2.75 bits per heavy atom. The van der Waals surface area contributed by atoms with E-state index in [-0.39, 0.29) is 18.6 Å². The van der Waals surface area contributed by atoms with Crippen LogP contribution in [0.1, 0.15) is 35.3 Å². The van der Waals surface area contributed by atoms with Gasteiger partial charge in [-0.05, 0) is 37.3 Å². The van der Waals surface area contributed by atoms with Gasteiger partial charge in [-0.15, -0.1) is 0 Å². The molecule has 1 aromatic rings. The average Bonchev–Trinajstić information content (AvgIpc) is 3.21. The molecule has 2 N–H and O–H groups in total. The van der Waals surface area contributed by atoms with Crippen molar-refractivity contribution in [1.29, 1.82) is 0 Å². The van der Waals surface area contributed by atoms with E-state index in [2.05, 4.69) is 10.3 Å². The van der Waals surface area contributed by atoms with E-state index in [1.165, 1.54) is 0 Å². The van der Waals surface area contributed by atoms with E-state index in [0.29, 0.717) is 6.42 Å². The molecule has 1 unspecified atom stereocenters. The minimum atomic E-state index is -4.62. The number of amides is 1. The standard InChI is InChI=1S/C13H15F3N2O2/c14-13(15,16)9-2-1-6-17-11(9)12(20)18-10(5-7-19)8-3-4-8/h1-2,6,8,10,19H,3-5,7H2,(H,18,20). The van der Waals surface area contributed by atoms with Gasteiger partial charge in [0.15, 0.2) is 0 Å². The largest absolute Gasteiger partial charge is 0.418 e. The van der Waals surface area contributed by atoms with Gasteiger partial charge in [-0.1, -0.05) is 0 Å². The predicted molar refractivity (Wildman–Crippen MR) is 64.9 cm³/mol. The van der Waals surface area contributed by atoms with Gasteiger partial charge in [-0.3, -0.25) is 9.78 Å². The monoisotopic (exact) mass is 288 g/mol. The molecule has 4 nitrogen and oxygen atoms in total. The molecule has 0 radical (unpaired) electrons. The van der Waals surface area contributed by atoms with E-state index in [9.17, 15) is 18.0 Å². The van der Waals surface area contributed by atoms with Crippen LogP contribution in [0.5, 0.6) is 0 Å². The van der Waals surface area contributed by atoms with Crippen LogP contribution in [-0.4, -0.2) is 28.6 Å². The number of alkyl halides is 3. The number of nitrogens with one attached hydrogen (secondary N) is 1. The molecular formula is C13H15F3N2O2. The third-order valence-electron chi connectivity index (χ3n) is 3.28. The first-order chi connectivity index (χ1) is 9.43. The number of halogens is 3. The second-order valence-electron chi connectivity index (χ2n) is 4.83. The maximum absolute atomic E-state index is 12.8. The molecule has 0 bridgehead atoms. The number of hydrogen-bond acceptors (Lipinski definition) is 3. The quantitative estimate of drug-likeness (QED) is 0.871. The summed E-state index contributed by atoms with van der Waals surface area (Å²) in [4.78, 5) is 15.5. The molecule has 2 rings (SSSR count). The Morgan fingerprint density at radius 1 is 1.50 bits per heavy atom. The highest BCUT2D eigenvalue weighted by molar-refractivity contribution is 5.94. The van der Waals surface area contributed by atoms with Gasteiger partial charge < -0.3 is 10.4 Å². The van der Waals surface area contributed by atoms with Crippen molar-refractivity contribution in [3.05, 3.63) is 29.6 Å². The fourth-order valence-electron chi connectivity index (χ4n) is 2.12. The first kappa shape index (κ1) is 14.8. The fraction of sp³-hybridized carbons (Fsp3) is 0.538. The molecule has 1 aromatic heterocycles. The molecule has 20 heavy (non-hydrogen) atoms. The zero-order valence-corrected chi connectivity index (χ0v) is 10.7. The molecule has 7 heteroatoms. The van der Waals surface area contributed by atoms with Gasteiger partial charge in [0.05, 0.1) is 5.56 Å². The van der Waals surface area contributed by atoms with E-state index >= 15 is 0 Å². The van der Waals surface area contributed by atoms with Crippen LogP contribution in [0.3, 0.4) is 0 Å². The molecule has 0 aromatic carbocycles. The van der Waals surface area contributed by atoms with Crippen LogP contribution >= 0.6 is 0 Å². The maximum atomic E-state index is 12.8. The van der Waals surface area contributed by atoms with Crippen LogP contribution in [0, 0.1) is 5.92 Å². The molecule has 1 heterocycles. The van der Waals surface area contributed by atoms with Crippen molar-refractivity contribution >= 4 is 5.91 Å². The lowest BCUT2D eigenvalue weighted by Gasteiger charge is -2.18. The number of aromatic nitrogens is 1. The van der Waals surface area contributed by atoms with Crippen LogP contribution in [0.25, 0.3) is 0 Å². The summed E-state index contributed by atoms with van der Waals surface area (Å²) in [7, 11) is 0. The number of nitrogens with zero attached hydrogens (tertiary/aromatic N) is 1. The van der Waals surface area contributed by atoms with E-state index in [0.717, 1.165) is 31.2 Å². The predicted octanol–water partition coefficient (Wildman–Crippen LogP) is 1.99. The van der Waals surface area contributed by atoms with Crippen LogP contribution in [0.4, 0.5) is 13.2 Å². The van der Waals surface area contributed by atoms with E-state index in [4.69, 9.17) is 5.11 Å². The lowest BCUT2D eigenvalue weighted by atomic mass is 10.1. The summed E-state index contributed by atoms with van der Waals surface area (Å²) in [6, 6.07) is 1.68. The lowest BCUT2D eigenvalue weighted by Crippen LogP contribution is -2.38. The number of aliphatic hydroxyl groups is 1. The van der Waals surface area contributed by atoms with E-state index in [1.54, 1.807) is 0 Å². The van der Waals surface area contributed by atoms with Gasteiger partial charge in [0.2, 0.25) is 0 Å². The number of pyridine rings is 1. The summed E-state index contributed by atoms with van der Waals surface area (Å²) in [5.74, 6) is -0.604. The zero-order valence-electron chi connectivity index (χ0n) is 10.7. The molecule has 110 valence electrons. The lowest BCUT2D eigenvalue weighted by molar-refractivity contribution is -0.138. The number of hydrogen-bond donors (Lipinski definition) is 2. The maximum Gasteiger partial charge on any atom is 0.418 e. The van der Waals surface area contributed by atoms with Gasteiger partial charge in [0.1, 0.15) is 5.69 Å². The van der Waals surface area contributed by atoms with Crippen molar-refractivity contribution in [2.24, 2.45) is 5.92 Å². The second-order valence-corrected chi connectivity index (χ2v) is 4.83. The molecule has 1 aliphatic carbocycles. The number of rotatable bonds is 5. The van der Waals surface area contributed by atoms with Crippen LogP contribution in [-0.2, 0) is 6.18 Å². The van der Waals surface area contributed by atoms with Crippen molar-refractivity contribution in [2.75, 3.05) is 6.61 Å². The molecule has 0 saturated heterocycles. The van der Waals surface area contributed by atoms with E-state index in [1.807, 2.05) is 0 Å². The summed E-state index contributed by atoms with van der Waals surface area (Å²) >= 11 is 0. The first-order valence-electron chi connectivity index (χ1n) is 6.37. The van der Waals surface area contributed by atoms with Crippen molar-refractivity contribution in [3.63, 3.8) is 0 Å². The third-order valence-corrected chi connectivity index (χ3v) is 3.28. The molecule has 1 fully saturated rings. The Morgan fingerprint density at radius 2 is 2.20 bits per heavy atom. The zero-order chi connectivity index (χ0) is 14.8. The normalized spacial score (nSPS) is 16.8. The molecule has 0 aliphatic heterocycles. The summed E-state index contributed by atoms with van der Waals surface area (Å²) in [6.45, 7) is -0.115. The first-order valence-corrected chi connectivity index (χ1v) is 6.37. The third kappa shape index (κ3) is 3.47. The van der Waals surface area contributed by atoms with Crippen LogP contribution < -0.4 is 5.32 Å². The Labute approximate surface area is 114 Å². The van der Waals surface area contributed by atoms with Gasteiger partial charge in [0.25, 0.3) is 5.91 Å². The molecular weight excluding hydrogens is 273 g/mol. The number of aliphatic hydroxyl groups excluding tert-OH is 1. The van der Waals surface area contributed by atoms with Gasteiger partial charge in [0, 0.05) is 18.8 Å². The molecule has 0 spiro atoms. The van der Waals surface area contributed by atoms with Crippen LogP contribution in [0.15, 0.2) is 18.3 Å². The fourth-order valence-corrected chi connectivity index (χ4v) is 2.12. The average molecular weight is 288 g/mol. The van der Waals surface area contributed by atoms with Crippen molar-refractivity contribution < 1.29 is 23.1 Å². The van der Waals surface area contributed by atoms with Crippen molar-refractivity contribution in [1.82, 2.24) is 10.3 Å². The Hall–Kier alpha value is -1.63. The molecule has 1 aliphatic rings. The Balaban J connectivity index is 2.16. The molecule has 1 atom stereocenters. The second kappa shape index (κ2) is 5.78.